The molecule has 2 bridgehead atoms. The summed E-state index contributed by atoms with van der Waals surface area (Å²) in [5, 5.41) is 2.75. The second-order valence-corrected chi connectivity index (χ2v) is 9.97. The van der Waals surface area contributed by atoms with E-state index in [0.717, 1.165) is 54.1 Å². The van der Waals surface area contributed by atoms with Crippen molar-refractivity contribution in [2.24, 2.45) is 5.92 Å². The number of fused-ring (bicyclic) bond motifs is 3. The SMILES string of the molecule is O=C(O[C@H]1C[N+]2(Cc3ccccc3)CCC1CC2)N(Cc1cccc(F)c1)c1cccs1. The molecule has 0 aliphatic carbocycles. The molecule has 1 atom stereocenters. The first-order valence-electron chi connectivity index (χ1n) is 11.3. The van der Waals surface area contributed by atoms with E-state index in [1.165, 1.54) is 29.0 Å². The topological polar surface area (TPSA) is 29.5 Å². The van der Waals surface area contributed by atoms with Crippen LogP contribution in [0.25, 0.3) is 0 Å². The number of amides is 1. The minimum Gasteiger partial charge on any atom is -0.439 e. The molecule has 32 heavy (non-hydrogen) atoms. The molecule has 0 radical (unpaired) electrons. The van der Waals surface area contributed by atoms with Crippen molar-refractivity contribution in [3.63, 3.8) is 0 Å². The second kappa shape index (κ2) is 9.04. The molecular formula is C26H28FN2O2S+. The van der Waals surface area contributed by atoms with Gasteiger partial charge in [-0.3, -0.25) is 4.90 Å². The third kappa shape index (κ3) is 4.57. The molecule has 0 spiro atoms. The Labute approximate surface area is 192 Å². The highest BCUT2D eigenvalue weighted by Gasteiger charge is 2.48. The van der Waals surface area contributed by atoms with Crippen LogP contribution in [0.4, 0.5) is 14.2 Å². The predicted molar refractivity (Wildman–Crippen MR) is 125 cm³/mol. The van der Waals surface area contributed by atoms with E-state index in [4.69, 9.17) is 4.74 Å². The molecule has 1 amide bonds. The summed E-state index contributed by atoms with van der Waals surface area (Å²) in [6.45, 7) is 4.43. The van der Waals surface area contributed by atoms with Gasteiger partial charge in [0.15, 0.2) is 6.10 Å². The average molecular weight is 452 g/mol. The first-order chi connectivity index (χ1) is 15.6. The van der Waals surface area contributed by atoms with Crippen molar-refractivity contribution in [3.05, 3.63) is 89.1 Å². The zero-order valence-electron chi connectivity index (χ0n) is 18.0. The van der Waals surface area contributed by atoms with Crippen LogP contribution in [0, 0.1) is 11.7 Å². The lowest BCUT2D eigenvalue weighted by atomic mass is 9.83. The number of carbonyl (C=O) groups excluding carboxylic acids is 1. The largest absolute Gasteiger partial charge is 0.439 e. The van der Waals surface area contributed by atoms with E-state index in [9.17, 15) is 9.18 Å². The molecule has 6 rings (SSSR count). The van der Waals surface area contributed by atoms with Gasteiger partial charge >= 0.3 is 6.09 Å². The number of anilines is 1. The van der Waals surface area contributed by atoms with Crippen molar-refractivity contribution in [1.29, 1.82) is 0 Å². The van der Waals surface area contributed by atoms with Gasteiger partial charge in [-0.2, -0.15) is 0 Å². The Hall–Kier alpha value is -2.70. The lowest BCUT2D eigenvalue weighted by molar-refractivity contribution is -0.958. The van der Waals surface area contributed by atoms with Gasteiger partial charge in [0.1, 0.15) is 23.9 Å². The average Bonchev–Trinajstić information content (AvgIpc) is 3.33. The van der Waals surface area contributed by atoms with Crippen LogP contribution in [-0.4, -0.2) is 36.3 Å². The van der Waals surface area contributed by atoms with E-state index in [1.807, 2.05) is 29.6 Å². The summed E-state index contributed by atoms with van der Waals surface area (Å²) >= 11 is 1.49. The fourth-order valence-corrected chi connectivity index (χ4v) is 5.93. The van der Waals surface area contributed by atoms with Crippen LogP contribution >= 0.6 is 11.3 Å². The van der Waals surface area contributed by atoms with E-state index in [1.54, 1.807) is 11.0 Å². The van der Waals surface area contributed by atoms with Gasteiger partial charge in [0.25, 0.3) is 0 Å². The van der Waals surface area contributed by atoms with Crippen molar-refractivity contribution in [1.82, 2.24) is 0 Å². The Morgan fingerprint density at radius 3 is 2.53 bits per heavy atom. The zero-order chi connectivity index (χ0) is 22.0. The van der Waals surface area contributed by atoms with Gasteiger partial charge in [-0.05, 0) is 35.2 Å². The number of benzene rings is 2. The van der Waals surface area contributed by atoms with Gasteiger partial charge in [0.2, 0.25) is 0 Å². The van der Waals surface area contributed by atoms with Crippen molar-refractivity contribution in [2.45, 2.75) is 32.0 Å². The lowest BCUT2D eigenvalue weighted by Gasteiger charge is -2.52. The first kappa shape index (κ1) is 21.2. The van der Waals surface area contributed by atoms with E-state index >= 15 is 0 Å². The number of rotatable bonds is 6. The normalized spacial score (nSPS) is 24.3. The molecule has 3 aromatic rings. The van der Waals surface area contributed by atoms with Crippen molar-refractivity contribution < 1.29 is 18.4 Å². The fraction of sp³-hybridized carbons (Fsp3) is 0.346. The number of halogens is 1. The third-order valence-electron chi connectivity index (χ3n) is 6.88. The second-order valence-electron chi connectivity index (χ2n) is 9.04. The Morgan fingerprint density at radius 1 is 1.03 bits per heavy atom. The maximum absolute atomic E-state index is 13.7. The van der Waals surface area contributed by atoms with E-state index in [2.05, 4.69) is 24.3 Å². The standard InChI is InChI=1S/C26H28FN2O2S/c27-23-9-4-8-21(16-23)17-28(25-10-5-15-32-25)26(30)31-24-19-29(13-11-22(24)12-14-29)18-20-6-2-1-3-7-20/h1-10,15-16,22,24H,11-14,17-19H2/q+1/t22?,24-,29?/m0/s1. The van der Waals surface area contributed by atoms with Crippen molar-refractivity contribution >= 4 is 22.4 Å². The van der Waals surface area contributed by atoms with Gasteiger partial charge in [-0.25, -0.2) is 9.18 Å². The number of nitrogens with zero attached hydrogens (tertiary/aromatic N) is 2. The molecule has 4 nitrogen and oxygen atoms in total. The number of carbonyl (C=O) groups is 1. The molecule has 0 saturated carbocycles. The van der Waals surface area contributed by atoms with Gasteiger partial charge < -0.3 is 9.22 Å². The maximum Gasteiger partial charge on any atom is 0.415 e. The minimum atomic E-state index is -0.340. The summed E-state index contributed by atoms with van der Waals surface area (Å²) in [5.41, 5.74) is 2.08. The molecule has 6 heteroatoms. The zero-order valence-corrected chi connectivity index (χ0v) is 18.8. The summed E-state index contributed by atoms with van der Waals surface area (Å²) < 4.78 is 20.9. The highest BCUT2D eigenvalue weighted by atomic mass is 32.1. The monoisotopic (exact) mass is 451 g/mol. The summed E-state index contributed by atoms with van der Waals surface area (Å²) in [5.74, 6) is 0.126. The van der Waals surface area contributed by atoms with Crippen LogP contribution in [0.3, 0.4) is 0 Å². The predicted octanol–water partition coefficient (Wildman–Crippen LogP) is 5.84. The van der Waals surface area contributed by atoms with Crippen LogP contribution in [0.2, 0.25) is 0 Å². The molecule has 1 aromatic heterocycles. The number of quaternary nitrogens is 1. The Balaban J connectivity index is 1.32. The molecule has 3 aliphatic rings. The molecule has 3 aliphatic heterocycles. The number of hydrogen-bond acceptors (Lipinski definition) is 3. The minimum absolute atomic E-state index is 0.0799. The van der Waals surface area contributed by atoms with Crippen LogP contribution in [-0.2, 0) is 17.8 Å². The number of thiophene rings is 1. The molecule has 4 heterocycles. The molecule has 166 valence electrons. The number of ether oxygens (including phenoxy) is 1. The molecular weight excluding hydrogens is 423 g/mol. The highest BCUT2D eigenvalue weighted by molar-refractivity contribution is 7.14. The van der Waals surface area contributed by atoms with Gasteiger partial charge in [0, 0.05) is 24.3 Å². The fourth-order valence-electron chi connectivity index (χ4n) is 5.21. The van der Waals surface area contributed by atoms with Crippen LogP contribution < -0.4 is 4.90 Å². The number of hydrogen-bond donors (Lipinski definition) is 0. The summed E-state index contributed by atoms with van der Waals surface area (Å²) in [7, 11) is 0. The molecule has 0 unspecified atom stereocenters. The van der Waals surface area contributed by atoms with Gasteiger partial charge in [-0.15, -0.1) is 11.3 Å². The highest BCUT2D eigenvalue weighted by Crippen LogP contribution is 2.37. The van der Waals surface area contributed by atoms with Crippen LogP contribution in [0.1, 0.15) is 24.0 Å². The van der Waals surface area contributed by atoms with E-state index in [0.29, 0.717) is 12.5 Å². The van der Waals surface area contributed by atoms with E-state index < -0.39 is 0 Å². The Kier molecular flexibility index (Phi) is 5.98. The first-order valence-corrected chi connectivity index (χ1v) is 12.1. The van der Waals surface area contributed by atoms with E-state index in [-0.39, 0.29) is 18.0 Å². The van der Waals surface area contributed by atoms with Gasteiger partial charge in [-0.1, -0.05) is 42.5 Å². The van der Waals surface area contributed by atoms with Crippen LogP contribution in [0.5, 0.6) is 0 Å². The summed E-state index contributed by atoms with van der Waals surface area (Å²) in [6, 6.07) is 20.8. The summed E-state index contributed by atoms with van der Waals surface area (Å²) in [6.07, 6.45) is 1.76. The molecule has 3 saturated heterocycles. The molecule has 2 aromatic carbocycles. The number of piperidine rings is 3. The van der Waals surface area contributed by atoms with Crippen molar-refractivity contribution in [2.75, 3.05) is 24.5 Å². The summed E-state index contributed by atoms with van der Waals surface area (Å²) in [4.78, 5) is 15.0. The van der Waals surface area contributed by atoms with Crippen molar-refractivity contribution in [3.8, 4) is 0 Å². The maximum atomic E-state index is 13.7. The Bertz CT molecular complexity index is 1050. The van der Waals surface area contributed by atoms with Crippen LogP contribution in [0.15, 0.2) is 72.1 Å². The third-order valence-corrected chi connectivity index (χ3v) is 7.77. The molecule has 3 fully saturated rings. The quantitative estimate of drug-likeness (QED) is 0.441. The lowest BCUT2D eigenvalue weighted by Crippen LogP contribution is -2.64. The van der Waals surface area contributed by atoms with Gasteiger partial charge in [0.05, 0.1) is 19.6 Å². The molecule has 0 N–H and O–H groups in total. The smallest absolute Gasteiger partial charge is 0.415 e. The Morgan fingerprint density at radius 2 is 1.81 bits per heavy atom.